The van der Waals surface area contributed by atoms with Crippen molar-refractivity contribution in [2.75, 3.05) is 4.90 Å². The van der Waals surface area contributed by atoms with Crippen LogP contribution in [0.15, 0.2) is 132 Å². The topological polar surface area (TPSA) is 44.1 Å². The molecule has 1 spiro atoms. The number of hydrogen-bond donors (Lipinski definition) is 0. The van der Waals surface area contributed by atoms with Crippen LogP contribution in [0, 0.1) is 18.3 Å². The van der Waals surface area contributed by atoms with Crippen LogP contribution in [0.4, 0.5) is 17.1 Å². The fourth-order valence-corrected chi connectivity index (χ4v) is 8.67. The Morgan fingerprint density at radius 1 is 0.614 bits per heavy atom. The number of para-hydroxylation sites is 2. The van der Waals surface area contributed by atoms with Crippen LogP contribution < -0.4 is 10.3 Å². The minimum Gasteiger partial charge on any atom is -0.310 e. The summed E-state index contributed by atoms with van der Waals surface area (Å²) in [5, 5.41) is 11.3. The van der Waals surface area contributed by atoms with Gasteiger partial charge in [0.05, 0.1) is 34.1 Å². The Morgan fingerprint density at radius 2 is 1.27 bits per heavy atom. The third kappa shape index (κ3) is 3.12. The number of fused-ring (bicyclic) bond motifs is 11. The monoisotopic (exact) mass is 580 g/mol. The van der Waals surface area contributed by atoms with Gasteiger partial charge in [0.1, 0.15) is 0 Å². The van der Waals surface area contributed by atoms with Gasteiger partial charge < -0.3 is 4.90 Å². The zero-order valence-electron chi connectivity index (χ0n) is 23.8. The SMILES string of the molecule is Cc1ccc(C#N)cc1N1c2ccccc2C2(c3ccccc3-c3cc4c(=O)c5ccccc5sc4cc32)c2ccccc21. The Labute approximate surface area is 258 Å². The van der Waals surface area contributed by atoms with Gasteiger partial charge in [0, 0.05) is 20.2 Å². The molecule has 0 N–H and O–H groups in total. The van der Waals surface area contributed by atoms with Crippen LogP contribution in [0.5, 0.6) is 0 Å². The highest BCUT2D eigenvalue weighted by Gasteiger charge is 2.51. The van der Waals surface area contributed by atoms with Gasteiger partial charge in [-0.2, -0.15) is 5.26 Å². The molecule has 2 aliphatic rings. The molecule has 44 heavy (non-hydrogen) atoms. The molecular weight excluding hydrogens is 557 g/mol. The minimum absolute atomic E-state index is 0.0825. The lowest BCUT2D eigenvalue weighted by atomic mass is 9.64. The van der Waals surface area contributed by atoms with Gasteiger partial charge in [0.2, 0.25) is 0 Å². The Kier molecular flexibility index (Phi) is 5.12. The van der Waals surface area contributed by atoms with Crippen LogP contribution >= 0.6 is 11.3 Å². The van der Waals surface area contributed by atoms with Crippen molar-refractivity contribution < 1.29 is 0 Å². The molecule has 0 unspecified atom stereocenters. The zero-order chi connectivity index (χ0) is 29.6. The summed E-state index contributed by atoms with van der Waals surface area (Å²) >= 11 is 1.68. The first-order valence-corrected chi connectivity index (χ1v) is 15.5. The fraction of sp³-hybridized carbons (Fsp3) is 0.0500. The maximum Gasteiger partial charge on any atom is 0.195 e. The second-order valence-electron chi connectivity index (χ2n) is 11.6. The van der Waals surface area contributed by atoms with Crippen LogP contribution in [-0.4, -0.2) is 0 Å². The standard InChI is InChI=1S/C40H24N2OS/c1-24-18-19-25(23-41)20-36(24)42-34-15-7-5-13-31(34)40(32-14-6-8-16-35(32)42)30-12-4-2-10-26(30)28-21-29-38(22-33(28)40)44-37-17-9-3-11-27(37)39(29)43/h2-22H,1H3. The number of rotatable bonds is 1. The lowest BCUT2D eigenvalue weighted by Crippen LogP contribution is -2.36. The molecule has 206 valence electrons. The van der Waals surface area contributed by atoms with Gasteiger partial charge in [-0.05, 0) is 94.4 Å². The first kappa shape index (κ1) is 25.0. The summed E-state index contributed by atoms with van der Waals surface area (Å²) in [5.74, 6) is 0. The number of nitriles is 1. The molecule has 9 rings (SSSR count). The first-order valence-electron chi connectivity index (χ1n) is 14.7. The highest BCUT2D eigenvalue weighted by molar-refractivity contribution is 7.24. The largest absolute Gasteiger partial charge is 0.310 e. The average Bonchev–Trinajstić information content (AvgIpc) is 3.35. The van der Waals surface area contributed by atoms with Crippen molar-refractivity contribution in [1.29, 1.82) is 5.26 Å². The van der Waals surface area contributed by atoms with Crippen molar-refractivity contribution in [3.63, 3.8) is 0 Å². The number of benzene rings is 6. The van der Waals surface area contributed by atoms with Crippen LogP contribution in [0.25, 0.3) is 31.3 Å². The van der Waals surface area contributed by atoms with Crippen molar-refractivity contribution in [1.82, 2.24) is 0 Å². The number of nitrogens with zero attached hydrogens (tertiary/aromatic N) is 2. The summed E-state index contributed by atoms with van der Waals surface area (Å²) in [4.78, 5) is 16.1. The summed E-state index contributed by atoms with van der Waals surface area (Å²) in [7, 11) is 0. The quantitative estimate of drug-likeness (QED) is 0.182. The Morgan fingerprint density at radius 3 is 2.02 bits per heavy atom. The van der Waals surface area contributed by atoms with Crippen LogP contribution in [0.3, 0.4) is 0 Å². The molecule has 1 aliphatic carbocycles. The zero-order valence-corrected chi connectivity index (χ0v) is 24.7. The van der Waals surface area contributed by atoms with Crippen LogP contribution in [0.1, 0.15) is 33.4 Å². The maximum absolute atomic E-state index is 13.8. The van der Waals surface area contributed by atoms with Crippen molar-refractivity contribution in [3.05, 3.63) is 171 Å². The molecule has 1 aromatic heterocycles. The maximum atomic E-state index is 13.8. The summed E-state index contributed by atoms with van der Waals surface area (Å²) in [6, 6.07) is 46.6. The van der Waals surface area contributed by atoms with Crippen molar-refractivity contribution in [2.45, 2.75) is 12.3 Å². The van der Waals surface area contributed by atoms with E-state index >= 15 is 0 Å². The number of hydrogen-bond acceptors (Lipinski definition) is 4. The second-order valence-corrected chi connectivity index (χ2v) is 12.7. The molecule has 7 aromatic rings. The molecule has 0 radical (unpaired) electrons. The Bertz CT molecular complexity index is 2420. The van der Waals surface area contributed by atoms with E-state index in [1.54, 1.807) is 11.3 Å². The van der Waals surface area contributed by atoms with Gasteiger partial charge in [-0.1, -0.05) is 78.9 Å². The average molecular weight is 581 g/mol. The Balaban J connectivity index is 1.44. The summed E-state index contributed by atoms with van der Waals surface area (Å²) in [5.41, 5.74) is 11.4. The highest BCUT2D eigenvalue weighted by Crippen LogP contribution is 2.63. The predicted molar refractivity (Wildman–Crippen MR) is 181 cm³/mol. The Hall–Kier alpha value is -5.50. The van der Waals surface area contributed by atoms with Gasteiger partial charge in [0.25, 0.3) is 0 Å². The smallest absolute Gasteiger partial charge is 0.195 e. The highest BCUT2D eigenvalue weighted by atomic mass is 32.1. The number of anilines is 3. The normalized spacial score (nSPS) is 13.8. The summed E-state index contributed by atoms with van der Waals surface area (Å²) in [6.07, 6.45) is 0. The molecule has 3 nitrogen and oxygen atoms in total. The fourth-order valence-electron chi connectivity index (χ4n) is 7.58. The van der Waals surface area contributed by atoms with Gasteiger partial charge in [-0.3, -0.25) is 4.79 Å². The van der Waals surface area contributed by atoms with E-state index < -0.39 is 5.41 Å². The molecule has 0 fully saturated rings. The van der Waals surface area contributed by atoms with Gasteiger partial charge in [0.15, 0.2) is 5.43 Å². The van der Waals surface area contributed by atoms with Crippen molar-refractivity contribution >= 4 is 48.6 Å². The van der Waals surface area contributed by atoms with E-state index in [-0.39, 0.29) is 5.43 Å². The van der Waals surface area contributed by atoms with Gasteiger partial charge >= 0.3 is 0 Å². The summed E-state index contributed by atoms with van der Waals surface area (Å²) in [6.45, 7) is 2.10. The van der Waals surface area contributed by atoms with Crippen LogP contribution in [-0.2, 0) is 5.41 Å². The minimum atomic E-state index is -0.591. The van der Waals surface area contributed by atoms with E-state index in [9.17, 15) is 10.1 Å². The van der Waals surface area contributed by atoms with Crippen LogP contribution in [0.2, 0.25) is 0 Å². The molecule has 0 saturated carbocycles. The molecule has 0 atom stereocenters. The van der Waals surface area contributed by atoms with E-state index in [0.29, 0.717) is 5.56 Å². The van der Waals surface area contributed by atoms with E-state index in [2.05, 4.69) is 103 Å². The molecule has 0 amide bonds. The van der Waals surface area contributed by atoms with E-state index in [1.807, 2.05) is 42.5 Å². The van der Waals surface area contributed by atoms with E-state index in [0.717, 1.165) is 53.9 Å². The third-order valence-corrected chi connectivity index (χ3v) is 10.6. The van der Waals surface area contributed by atoms with Crippen molar-refractivity contribution in [3.8, 4) is 17.2 Å². The number of aryl methyl sites for hydroxylation is 1. The second kappa shape index (κ2) is 9.00. The molecular formula is C40H24N2OS. The lowest BCUT2D eigenvalue weighted by molar-refractivity contribution is 0.753. The van der Waals surface area contributed by atoms with E-state index in [1.165, 1.54) is 22.3 Å². The molecule has 1 aliphatic heterocycles. The molecule has 2 heterocycles. The summed E-state index contributed by atoms with van der Waals surface area (Å²) < 4.78 is 1.99. The van der Waals surface area contributed by atoms with Gasteiger partial charge in [-0.15, -0.1) is 11.3 Å². The molecule has 0 bridgehead atoms. The molecule has 4 heteroatoms. The molecule has 0 saturated heterocycles. The third-order valence-electron chi connectivity index (χ3n) is 9.42. The molecule has 6 aromatic carbocycles. The predicted octanol–water partition coefficient (Wildman–Crippen LogP) is 9.74. The van der Waals surface area contributed by atoms with Crippen molar-refractivity contribution in [2.24, 2.45) is 0 Å². The lowest BCUT2D eigenvalue weighted by Gasteiger charge is -2.45. The van der Waals surface area contributed by atoms with Gasteiger partial charge in [-0.25, -0.2) is 0 Å². The first-order chi connectivity index (χ1) is 21.6. The van der Waals surface area contributed by atoms with E-state index in [4.69, 9.17) is 0 Å².